The zero-order valence-corrected chi connectivity index (χ0v) is 15.6. The van der Waals surface area contributed by atoms with E-state index in [1.807, 2.05) is 43.3 Å². The van der Waals surface area contributed by atoms with Gasteiger partial charge in [-0.2, -0.15) is 0 Å². The van der Waals surface area contributed by atoms with E-state index in [9.17, 15) is 4.79 Å². The first-order valence-corrected chi connectivity index (χ1v) is 8.98. The molecular weight excluding hydrogens is 338 g/mol. The number of alkyl halides is 1. The highest BCUT2D eigenvalue weighted by atomic mass is 35.5. The zero-order valence-electron chi connectivity index (χ0n) is 14.9. The number of likely N-dealkylation sites (N-methyl/N-ethyl adjacent to an activating group) is 2. The maximum absolute atomic E-state index is 12.4. The molecule has 0 aromatic heterocycles. The molecule has 0 fully saturated rings. The maximum Gasteiger partial charge on any atom is 0.415 e. The Hall–Kier alpha value is -1.98. The summed E-state index contributed by atoms with van der Waals surface area (Å²) in [7, 11) is 5.71. The minimum Gasteiger partial charge on any atom is -0.409 e. The molecule has 1 aliphatic heterocycles. The Balaban J connectivity index is 1.90. The summed E-state index contributed by atoms with van der Waals surface area (Å²) in [6, 6.07) is 9.93. The molecule has 25 heavy (non-hydrogen) atoms. The highest BCUT2D eigenvalue weighted by Gasteiger charge is 2.26. The van der Waals surface area contributed by atoms with Crippen LogP contribution in [0.25, 0.3) is 10.8 Å². The van der Waals surface area contributed by atoms with Crippen molar-refractivity contribution >= 4 is 34.2 Å². The molecule has 0 spiro atoms. The van der Waals surface area contributed by atoms with Gasteiger partial charge in [0.15, 0.2) is 0 Å². The number of halogens is 1. The van der Waals surface area contributed by atoms with Gasteiger partial charge in [0, 0.05) is 55.6 Å². The lowest BCUT2D eigenvalue weighted by Gasteiger charge is -2.20. The number of amides is 1. The Morgan fingerprint density at radius 1 is 1.24 bits per heavy atom. The minimum atomic E-state index is -0.348. The minimum absolute atomic E-state index is 0.272. The number of carbonyl (C=O) groups excluding carboxylic acids is 1. The van der Waals surface area contributed by atoms with Gasteiger partial charge in [-0.3, -0.25) is 0 Å². The van der Waals surface area contributed by atoms with Crippen molar-refractivity contribution in [2.45, 2.75) is 5.92 Å². The van der Waals surface area contributed by atoms with Gasteiger partial charge in [0.25, 0.3) is 0 Å². The van der Waals surface area contributed by atoms with Crippen molar-refractivity contribution in [1.29, 1.82) is 0 Å². The van der Waals surface area contributed by atoms with E-state index in [4.69, 9.17) is 16.3 Å². The number of hydrogen-bond acceptors (Lipinski definition) is 4. The second-order valence-electron chi connectivity index (χ2n) is 6.71. The molecular formula is C19H24ClN3O2. The summed E-state index contributed by atoms with van der Waals surface area (Å²) in [6.07, 6.45) is -0.348. The van der Waals surface area contributed by atoms with Gasteiger partial charge in [-0.25, -0.2) is 4.79 Å². The van der Waals surface area contributed by atoms with Crippen LogP contribution in [0, 0.1) is 0 Å². The highest BCUT2D eigenvalue weighted by molar-refractivity contribution is 6.18. The molecule has 2 aromatic carbocycles. The second-order valence-corrected chi connectivity index (χ2v) is 7.02. The standard InChI is InChI=1S/C19H24ClN3O2/c1-22(2)8-9-23(3)19(24)25-17-10-16-18(13(11-20)12-21-16)15-7-5-4-6-14(15)17/h4-7,10,13,21H,8-9,11-12H2,1-3H3. The van der Waals surface area contributed by atoms with Gasteiger partial charge in [-0.15, -0.1) is 11.6 Å². The fraction of sp³-hybridized carbons (Fsp3) is 0.421. The van der Waals surface area contributed by atoms with E-state index in [1.54, 1.807) is 11.9 Å². The van der Waals surface area contributed by atoms with Gasteiger partial charge in [-0.05, 0) is 25.0 Å². The van der Waals surface area contributed by atoms with Crippen molar-refractivity contribution in [2.24, 2.45) is 0 Å². The monoisotopic (exact) mass is 361 g/mol. The molecule has 2 aromatic rings. The summed E-state index contributed by atoms with van der Waals surface area (Å²) in [4.78, 5) is 16.1. The van der Waals surface area contributed by atoms with Gasteiger partial charge < -0.3 is 19.9 Å². The first kappa shape index (κ1) is 17.8. The fourth-order valence-corrected chi connectivity index (χ4v) is 3.38. The molecule has 1 atom stereocenters. The van der Waals surface area contributed by atoms with Crippen LogP contribution in [-0.4, -0.2) is 62.6 Å². The summed E-state index contributed by atoms with van der Waals surface area (Å²) >= 11 is 6.13. The van der Waals surface area contributed by atoms with E-state index in [2.05, 4.69) is 11.4 Å². The third-order valence-electron chi connectivity index (χ3n) is 4.57. The van der Waals surface area contributed by atoms with Crippen LogP contribution in [0.5, 0.6) is 5.75 Å². The molecule has 0 radical (unpaired) electrons. The van der Waals surface area contributed by atoms with E-state index in [-0.39, 0.29) is 12.0 Å². The van der Waals surface area contributed by atoms with Gasteiger partial charge >= 0.3 is 6.09 Å². The summed E-state index contributed by atoms with van der Waals surface area (Å²) < 4.78 is 5.71. The predicted molar refractivity (Wildman–Crippen MR) is 103 cm³/mol. The van der Waals surface area contributed by atoms with Crippen LogP contribution in [0.1, 0.15) is 11.5 Å². The molecule has 0 saturated carbocycles. The first-order valence-electron chi connectivity index (χ1n) is 8.44. The van der Waals surface area contributed by atoms with Crippen molar-refractivity contribution in [3.8, 4) is 5.75 Å². The number of rotatable bonds is 5. The molecule has 6 heteroatoms. The number of anilines is 1. The molecule has 0 bridgehead atoms. The molecule has 3 rings (SSSR count). The number of ether oxygens (including phenoxy) is 1. The van der Waals surface area contributed by atoms with E-state index in [0.717, 1.165) is 29.5 Å². The molecule has 1 aliphatic rings. The number of benzene rings is 2. The molecule has 0 saturated heterocycles. The molecule has 1 heterocycles. The number of nitrogens with zero attached hydrogens (tertiary/aromatic N) is 2. The topological polar surface area (TPSA) is 44.8 Å². The molecule has 1 amide bonds. The van der Waals surface area contributed by atoms with Crippen LogP contribution in [0.15, 0.2) is 30.3 Å². The Morgan fingerprint density at radius 3 is 2.64 bits per heavy atom. The normalized spacial score (nSPS) is 16.0. The van der Waals surface area contributed by atoms with Gasteiger partial charge in [-0.1, -0.05) is 24.3 Å². The van der Waals surface area contributed by atoms with Crippen molar-refractivity contribution in [1.82, 2.24) is 9.80 Å². The number of nitrogens with one attached hydrogen (secondary N) is 1. The van der Waals surface area contributed by atoms with Gasteiger partial charge in [0.2, 0.25) is 0 Å². The van der Waals surface area contributed by atoms with Crippen molar-refractivity contribution < 1.29 is 9.53 Å². The Kier molecular flexibility index (Phi) is 5.35. The number of fused-ring (bicyclic) bond motifs is 3. The van der Waals surface area contributed by atoms with Crippen LogP contribution < -0.4 is 10.1 Å². The first-order chi connectivity index (χ1) is 12.0. The molecule has 134 valence electrons. The number of carbonyl (C=O) groups is 1. The average Bonchev–Trinajstić information content (AvgIpc) is 3.02. The van der Waals surface area contributed by atoms with Crippen LogP contribution in [0.2, 0.25) is 0 Å². The Bertz CT molecular complexity index is 779. The summed E-state index contributed by atoms with van der Waals surface area (Å²) in [5, 5.41) is 5.41. The predicted octanol–water partition coefficient (Wildman–Crippen LogP) is 3.58. The fourth-order valence-electron chi connectivity index (χ4n) is 3.12. The average molecular weight is 362 g/mol. The lowest BCUT2D eigenvalue weighted by molar-refractivity contribution is 0.160. The van der Waals surface area contributed by atoms with Crippen LogP contribution >= 0.6 is 11.6 Å². The van der Waals surface area contributed by atoms with E-state index in [1.165, 1.54) is 5.56 Å². The smallest absolute Gasteiger partial charge is 0.409 e. The maximum atomic E-state index is 12.4. The third kappa shape index (κ3) is 3.67. The second kappa shape index (κ2) is 7.50. The molecule has 1 unspecified atom stereocenters. The van der Waals surface area contributed by atoms with E-state index >= 15 is 0 Å². The van der Waals surface area contributed by atoms with Crippen molar-refractivity contribution in [3.05, 3.63) is 35.9 Å². The summed E-state index contributed by atoms with van der Waals surface area (Å²) in [5.41, 5.74) is 2.22. The number of hydrogen-bond donors (Lipinski definition) is 1. The zero-order chi connectivity index (χ0) is 18.0. The van der Waals surface area contributed by atoms with E-state index in [0.29, 0.717) is 18.2 Å². The van der Waals surface area contributed by atoms with E-state index < -0.39 is 0 Å². The SMILES string of the molecule is CN(C)CCN(C)C(=O)Oc1cc2c(c3ccccc13)C(CCl)CN2. The summed E-state index contributed by atoms with van der Waals surface area (Å²) in [6.45, 7) is 2.21. The molecule has 5 nitrogen and oxygen atoms in total. The largest absolute Gasteiger partial charge is 0.415 e. The van der Waals surface area contributed by atoms with Gasteiger partial charge in [0.1, 0.15) is 5.75 Å². The third-order valence-corrected chi connectivity index (χ3v) is 4.95. The lowest BCUT2D eigenvalue weighted by Crippen LogP contribution is -2.35. The van der Waals surface area contributed by atoms with Gasteiger partial charge in [0.05, 0.1) is 0 Å². The van der Waals surface area contributed by atoms with Crippen LogP contribution in [0.3, 0.4) is 0 Å². The molecule has 0 aliphatic carbocycles. The lowest BCUT2D eigenvalue weighted by atomic mass is 9.95. The molecule has 1 N–H and O–H groups in total. The summed E-state index contributed by atoms with van der Waals surface area (Å²) in [5.74, 6) is 1.42. The van der Waals surface area contributed by atoms with Crippen molar-refractivity contribution in [2.75, 3.05) is 52.0 Å². The van der Waals surface area contributed by atoms with Crippen LogP contribution in [-0.2, 0) is 0 Å². The quantitative estimate of drug-likeness (QED) is 0.827. The van der Waals surface area contributed by atoms with Crippen molar-refractivity contribution in [3.63, 3.8) is 0 Å². The van der Waals surface area contributed by atoms with Crippen LogP contribution in [0.4, 0.5) is 10.5 Å². The Morgan fingerprint density at radius 2 is 1.96 bits per heavy atom. The Labute approximate surface area is 153 Å². The highest BCUT2D eigenvalue weighted by Crippen LogP contribution is 2.42.